The summed E-state index contributed by atoms with van der Waals surface area (Å²) in [5.41, 5.74) is 2.06. The third-order valence-electron chi connectivity index (χ3n) is 5.14. The fourth-order valence-electron chi connectivity index (χ4n) is 3.53. The first-order valence-electron chi connectivity index (χ1n) is 9.49. The first kappa shape index (κ1) is 21.4. The molecular formula is C23H25NO6. The van der Waals surface area contributed by atoms with Crippen molar-refractivity contribution in [1.29, 1.82) is 0 Å². The van der Waals surface area contributed by atoms with Gasteiger partial charge in [-0.1, -0.05) is 29.8 Å². The summed E-state index contributed by atoms with van der Waals surface area (Å²) in [7, 11) is 4.56. The van der Waals surface area contributed by atoms with Gasteiger partial charge in [-0.2, -0.15) is 0 Å². The number of carbonyl (C=O) groups is 2. The summed E-state index contributed by atoms with van der Waals surface area (Å²) in [6.45, 7) is 2.36. The minimum Gasteiger partial charge on any atom is -0.507 e. The molecule has 1 fully saturated rings. The van der Waals surface area contributed by atoms with E-state index in [-0.39, 0.29) is 24.5 Å². The molecule has 1 saturated heterocycles. The summed E-state index contributed by atoms with van der Waals surface area (Å²) in [5.74, 6) is -0.645. The van der Waals surface area contributed by atoms with Gasteiger partial charge in [0.15, 0.2) is 0 Å². The minimum absolute atomic E-state index is 0.0171. The SMILES string of the molecule is COCCN1C(=O)C(=O)C(=C(O)c2ccc(C)cc2)[C@H]1c1ccc(OC)cc1OC. The maximum atomic E-state index is 13.0. The predicted molar refractivity (Wildman–Crippen MR) is 112 cm³/mol. The van der Waals surface area contributed by atoms with E-state index in [9.17, 15) is 14.7 Å². The number of benzene rings is 2. The van der Waals surface area contributed by atoms with Crippen LogP contribution >= 0.6 is 0 Å². The highest BCUT2D eigenvalue weighted by molar-refractivity contribution is 6.46. The molecule has 0 spiro atoms. The van der Waals surface area contributed by atoms with Crippen molar-refractivity contribution in [3.8, 4) is 11.5 Å². The number of aryl methyl sites for hydroxylation is 1. The average Bonchev–Trinajstić information content (AvgIpc) is 3.01. The Bertz CT molecular complexity index is 980. The average molecular weight is 411 g/mol. The Morgan fingerprint density at radius 1 is 1.03 bits per heavy atom. The zero-order valence-electron chi connectivity index (χ0n) is 17.5. The summed E-state index contributed by atoms with van der Waals surface area (Å²) < 4.78 is 15.9. The molecule has 2 aromatic carbocycles. The van der Waals surface area contributed by atoms with Crippen LogP contribution in [0.15, 0.2) is 48.0 Å². The maximum Gasteiger partial charge on any atom is 0.295 e. The minimum atomic E-state index is -0.817. The largest absolute Gasteiger partial charge is 0.507 e. The molecule has 3 rings (SSSR count). The fraction of sp³-hybridized carbons (Fsp3) is 0.304. The molecule has 0 bridgehead atoms. The van der Waals surface area contributed by atoms with Gasteiger partial charge in [0.05, 0.1) is 32.4 Å². The third-order valence-corrected chi connectivity index (χ3v) is 5.14. The van der Waals surface area contributed by atoms with Crippen molar-refractivity contribution in [2.24, 2.45) is 0 Å². The summed E-state index contributed by atoms with van der Waals surface area (Å²) in [5, 5.41) is 11.0. The fourth-order valence-corrected chi connectivity index (χ4v) is 3.53. The van der Waals surface area contributed by atoms with Crippen molar-refractivity contribution in [3.63, 3.8) is 0 Å². The number of likely N-dealkylation sites (tertiary alicyclic amines) is 1. The molecule has 7 heteroatoms. The van der Waals surface area contributed by atoms with E-state index < -0.39 is 17.7 Å². The number of hydrogen-bond donors (Lipinski definition) is 1. The van der Waals surface area contributed by atoms with Gasteiger partial charge < -0.3 is 24.2 Å². The Labute approximate surface area is 175 Å². The van der Waals surface area contributed by atoms with Crippen LogP contribution in [0.1, 0.15) is 22.7 Å². The van der Waals surface area contributed by atoms with E-state index in [4.69, 9.17) is 14.2 Å². The van der Waals surface area contributed by atoms with Crippen molar-refractivity contribution in [3.05, 3.63) is 64.7 Å². The van der Waals surface area contributed by atoms with Gasteiger partial charge in [0.25, 0.3) is 11.7 Å². The maximum absolute atomic E-state index is 13.0. The molecule has 7 nitrogen and oxygen atoms in total. The number of ether oxygens (including phenoxy) is 3. The van der Waals surface area contributed by atoms with E-state index in [1.807, 2.05) is 19.1 Å². The van der Waals surface area contributed by atoms with Gasteiger partial charge in [-0.3, -0.25) is 9.59 Å². The van der Waals surface area contributed by atoms with E-state index in [1.54, 1.807) is 30.3 Å². The lowest BCUT2D eigenvalue weighted by molar-refractivity contribution is -0.140. The van der Waals surface area contributed by atoms with E-state index >= 15 is 0 Å². The second-order valence-corrected chi connectivity index (χ2v) is 6.96. The van der Waals surface area contributed by atoms with Crippen LogP contribution in [0.3, 0.4) is 0 Å². The second-order valence-electron chi connectivity index (χ2n) is 6.96. The number of methoxy groups -OCH3 is 3. The lowest BCUT2D eigenvalue weighted by Crippen LogP contribution is -2.32. The summed E-state index contributed by atoms with van der Waals surface area (Å²) in [6, 6.07) is 11.4. The van der Waals surface area contributed by atoms with Gasteiger partial charge >= 0.3 is 0 Å². The highest BCUT2D eigenvalue weighted by Gasteiger charge is 2.46. The molecule has 30 heavy (non-hydrogen) atoms. The Morgan fingerprint density at radius 3 is 2.33 bits per heavy atom. The van der Waals surface area contributed by atoms with Crippen LogP contribution in [0.25, 0.3) is 5.76 Å². The van der Waals surface area contributed by atoms with Crippen LogP contribution in [0.5, 0.6) is 11.5 Å². The van der Waals surface area contributed by atoms with Crippen molar-refractivity contribution >= 4 is 17.4 Å². The first-order chi connectivity index (χ1) is 14.4. The van der Waals surface area contributed by atoms with Crippen molar-refractivity contribution in [1.82, 2.24) is 4.90 Å². The number of aliphatic hydroxyl groups is 1. The first-order valence-corrected chi connectivity index (χ1v) is 9.49. The summed E-state index contributed by atoms with van der Waals surface area (Å²) in [4.78, 5) is 27.2. The van der Waals surface area contributed by atoms with Gasteiger partial charge in [-0.25, -0.2) is 0 Å². The molecule has 158 valence electrons. The molecule has 0 radical (unpaired) electrons. The lowest BCUT2D eigenvalue weighted by atomic mass is 9.94. The van der Waals surface area contributed by atoms with E-state index in [0.29, 0.717) is 22.6 Å². The molecule has 1 N–H and O–H groups in total. The van der Waals surface area contributed by atoms with Crippen LogP contribution < -0.4 is 9.47 Å². The van der Waals surface area contributed by atoms with Gasteiger partial charge in [0.1, 0.15) is 17.3 Å². The molecule has 0 aromatic heterocycles. The molecule has 0 unspecified atom stereocenters. The molecule has 1 aliphatic rings. The summed E-state index contributed by atoms with van der Waals surface area (Å²) in [6.07, 6.45) is 0. The Morgan fingerprint density at radius 2 is 1.73 bits per heavy atom. The molecule has 0 saturated carbocycles. The molecule has 1 heterocycles. The van der Waals surface area contributed by atoms with Crippen LogP contribution in [0.4, 0.5) is 0 Å². The van der Waals surface area contributed by atoms with Crippen molar-refractivity contribution < 1.29 is 28.9 Å². The topological polar surface area (TPSA) is 85.3 Å². The predicted octanol–water partition coefficient (Wildman–Crippen LogP) is 3.08. The number of hydrogen-bond acceptors (Lipinski definition) is 6. The number of rotatable bonds is 7. The molecular weight excluding hydrogens is 386 g/mol. The highest BCUT2D eigenvalue weighted by atomic mass is 16.5. The third kappa shape index (κ3) is 3.89. The van der Waals surface area contributed by atoms with Crippen LogP contribution in [0.2, 0.25) is 0 Å². The standard InChI is InChI=1S/C23H25NO6/c1-14-5-7-15(8-6-14)21(25)19-20(24(11-12-28-2)23(27)22(19)26)17-10-9-16(29-3)13-18(17)30-4/h5-10,13,20,25H,11-12H2,1-4H3/t20-/m1/s1. The van der Waals surface area contributed by atoms with Crippen LogP contribution in [-0.4, -0.2) is 56.2 Å². The van der Waals surface area contributed by atoms with Crippen LogP contribution in [0, 0.1) is 6.92 Å². The van der Waals surface area contributed by atoms with Gasteiger partial charge in [-0.15, -0.1) is 0 Å². The Balaban J connectivity index is 2.21. The molecule has 1 atom stereocenters. The Kier molecular flexibility index (Phi) is 6.42. The number of ketones is 1. The summed E-state index contributed by atoms with van der Waals surface area (Å²) >= 11 is 0. The van der Waals surface area contributed by atoms with Crippen molar-refractivity contribution in [2.75, 3.05) is 34.5 Å². The van der Waals surface area contributed by atoms with Gasteiger partial charge in [0.2, 0.25) is 0 Å². The number of nitrogens with zero attached hydrogens (tertiary/aromatic N) is 1. The number of aliphatic hydroxyl groups excluding tert-OH is 1. The second kappa shape index (κ2) is 9.00. The molecule has 1 amide bonds. The lowest BCUT2D eigenvalue weighted by Gasteiger charge is -2.26. The highest BCUT2D eigenvalue weighted by Crippen LogP contribution is 2.43. The number of carbonyl (C=O) groups excluding carboxylic acids is 2. The van der Waals surface area contributed by atoms with Crippen molar-refractivity contribution in [2.45, 2.75) is 13.0 Å². The normalized spacial score (nSPS) is 18.0. The monoisotopic (exact) mass is 411 g/mol. The smallest absolute Gasteiger partial charge is 0.295 e. The number of Topliss-reactive ketones (excluding diaryl/α,β-unsaturated/α-hetero) is 1. The van der Waals surface area contributed by atoms with Gasteiger partial charge in [0, 0.05) is 30.8 Å². The zero-order chi connectivity index (χ0) is 21.8. The number of amides is 1. The molecule has 1 aliphatic heterocycles. The quantitative estimate of drug-likeness (QED) is 0.428. The molecule has 0 aliphatic carbocycles. The van der Waals surface area contributed by atoms with Crippen LogP contribution in [-0.2, 0) is 14.3 Å². The van der Waals surface area contributed by atoms with E-state index in [2.05, 4.69) is 0 Å². The van der Waals surface area contributed by atoms with Gasteiger partial charge in [-0.05, 0) is 19.1 Å². The van der Waals surface area contributed by atoms with E-state index in [0.717, 1.165) is 5.56 Å². The Hall–Kier alpha value is -3.32. The molecule has 2 aromatic rings. The zero-order valence-corrected chi connectivity index (χ0v) is 17.5. The van der Waals surface area contributed by atoms with E-state index in [1.165, 1.54) is 26.2 Å².